The lowest BCUT2D eigenvalue weighted by molar-refractivity contribution is 0.649. The standard InChI is InChI=1S/C17H16N4/c1-2-4-12-8-13(7-11(12)3-1)21-10-20-15-9-19-17-14(16(15)21)5-6-18-17/h1-6,9,13,20H,7-8,10H2,(H,18,19). The van der Waals surface area contributed by atoms with Gasteiger partial charge in [0.1, 0.15) is 5.65 Å². The van der Waals surface area contributed by atoms with Gasteiger partial charge in [-0.25, -0.2) is 4.98 Å². The van der Waals surface area contributed by atoms with Crippen molar-refractivity contribution < 1.29 is 0 Å². The summed E-state index contributed by atoms with van der Waals surface area (Å²) in [4.78, 5) is 10.2. The molecule has 2 N–H and O–H groups in total. The van der Waals surface area contributed by atoms with Crippen molar-refractivity contribution in [3.8, 4) is 0 Å². The Bertz CT molecular complexity index is 811. The van der Waals surface area contributed by atoms with Crippen molar-refractivity contribution in [1.29, 1.82) is 0 Å². The minimum absolute atomic E-state index is 0.539. The van der Waals surface area contributed by atoms with Crippen LogP contribution in [0.4, 0.5) is 11.4 Å². The Kier molecular flexibility index (Phi) is 2.14. The Morgan fingerprint density at radius 1 is 1.10 bits per heavy atom. The third-order valence-corrected chi connectivity index (χ3v) is 4.76. The molecular formula is C17H16N4. The molecule has 0 fully saturated rings. The topological polar surface area (TPSA) is 44.0 Å². The number of aromatic amines is 1. The van der Waals surface area contributed by atoms with Gasteiger partial charge in [0, 0.05) is 17.6 Å². The molecule has 0 amide bonds. The molecule has 0 atom stereocenters. The highest BCUT2D eigenvalue weighted by Crippen LogP contribution is 2.40. The predicted molar refractivity (Wildman–Crippen MR) is 84.7 cm³/mol. The van der Waals surface area contributed by atoms with Crippen LogP contribution >= 0.6 is 0 Å². The van der Waals surface area contributed by atoms with Gasteiger partial charge in [0.25, 0.3) is 0 Å². The number of benzene rings is 1. The summed E-state index contributed by atoms with van der Waals surface area (Å²) >= 11 is 0. The molecule has 5 rings (SSSR count). The van der Waals surface area contributed by atoms with Gasteiger partial charge < -0.3 is 15.2 Å². The number of rotatable bonds is 1. The summed E-state index contributed by atoms with van der Waals surface area (Å²) < 4.78 is 0. The van der Waals surface area contributed by atoms with Crippen LogP contribution in [0.2, 0.25) is 0 Å². The molecule has 2 aromatic heterocycles. The molecule has 4 nitrogen and oxygen atoms in total. The van der Waals surface area contributed by atoms with Gasteiger partial charge in [-0.2, -0.15) is 0 Å². The first-order valence-corrected chi connectivity index (χ1v) is 7.43. The fraction of sp³-hybridized carbons (Fsp3) is 0.235. The Morgan fingerprint density at radius 3 is 2.71 bits per heavy atom. The molecule has 0 spiro atoms. The Labute approximate surface area is 122 Å². The third-order valence-electron chi connectivity index (χ3n) is 4.76. The lowest BCUT2D eigenvalue weighted by Crippen LogP contribution is -2.35. The van der Waals surface area contributed by atoms with E-state index < -0.39 is 0 Å². The zero-order valence-corrected chi connectivity index (χ0v) is 11.6. The number of nitrogens with one attached hydrogen (secondary N) is 2. The first kappa shape index (κ1) is 11.2. The molecule has 2 aliphatic rings. The van der Waals surface area contributed by atoms with Crippen molar-refractivity contribution in [2.45, 2.75) is 18.9 Å². The minimum atomic E-state index is 0.539. The molecule has 1 aliphatic carbocycles. The number of aromatic nitrogens is 2. The van der Waals surface area contributed by atoms with E-state index in [1.165, 1.54) is 22.2 Å². The van der Waals surface area contributed by atoms with Crippen molar-refractivity contribution in [2.75, 3.05) is 16.9 Å². The van der Waals surface area contributed by atoms with Gasteiger partial charge in [-0.1, -0.05) is 24.3 Å². The van der Waals surface area contributed by atoms with Gasteiger partial charge in [0.2, 0.25) is 0 Å². The van der Waals surface area contributed by atoms with E-state index in [0.29, 0.717) is 6.04 Å². The molecule has 0 radical (unpaired) electrons. The second-order valence-corrected chi connectivity index (χ2v) is 5.90. The monoisotopic (exact) mass is 276 g/mol. The summed E-state index contributed by atoms with van der Waals surface area (Å²) in [6.07, 6.45) is 6.17. The van der Waals surface area contributed by atoms with Crippen LogP contribution in [0.1, 0.15) is 11.1 Å². The van der Waals surface area contributed by atoms with Crippen molar-refractivity contribution in [2.24, 2.45) is 0 Å². The number of pyridine rings is 1. The third kappa shape index (κ3) is 1.53. The number of nitrogens with zero attached hydrogens (tertiary/aromatic N) is 2. The van der Waals surface area contributed by atoms with Gasteiger partial charge in [0.15, 0.2) is 0 Å². The van der Waals surface area contributed by atoms with Crippen LogP contribution in [0.25, 0.3) is 11.0 Å². The second-order valence-electron chi connectivity index (χ2n) is 5.90. The molecule has 0 saturated heterocycles. The first-order chi connectivity index (χ1) is 10.4. The minimum Gasteiger partial charge on any atom is -0.365 e. The molecule has 0 bridgehead atoms. The van der Waals surface area contributed by atoms with E-state index in [1.807, 2.05) is 12.4 Å². The summed E-state index contributed by atoms with van der Waals surface area (Å²) in [5.74, 6) is 0. The van der Waals surface area contributed by atoms with E-state index in [1.54, 1.807) is 0 Å². The second kappa shape index (κ2) is 4.01. The van der Waals surface area contributed by atoms with Crippen molar-refractivity contribution in [1.82, 2.24) is 9.97 Å². The number of hydrogen-bond acceptors (Lipinski definition) is 3. The molecule has 4 heteroatoms. The van der Waals surface area contributed by atoms with Gasteiger partial charge in [-0.3, -0.25) is 0 Å². The predicted octanol–water partition coefficient (Wildman–Crippen LogP) is 2.92. The maximum Gasteiger partial charge on any atom is 0.139 e. The van der Waals surface area contributed by atoms with Crippen molar-refractivity contribution >= 4 is 22.4 Å². The molecule has 3 aromatic rings. The van der Waals surface area contributed by atoms with Crippen molar-refractivity contribution in [3.05, 3.63) is 53.9 Å². The van der Waals surface area contributed by atoms with Crippen LogP contribution in [-0.4, -0.2) is 22.7 Å². The summed E-state index contributed by atoms with van der Waals surface area (Å²) in [5.41, 5.74) is 6.42. The summed E-state index contributed by atoms with van der Waals surface area (Å²) in [5, 5.41) is 4.70. The van der Waals surface area contributed by atoms with Crippen LogP contribution in [0.3, 0.4) is 0 Å². The Morgan fingerprint density at radius 2 is 1.90 bits per heavy atom. The van der Waals surface area contributed by atoms with Crippen LogP contribution < -0.4 is 10.2 Å². The van der Waals surface area contributed by atoms with Crippen LogP contribution in [0, 0.1) is 0 Å². The highest BCUT2D eigenvalue weighted by molar-refractivity contribution is 5.98. The van der Waals surface area contributed by atoms with Crippen LogP contribution in [0.5, 0.6) is 0 Å². The van der Waals surface area contributed by atoms with Gasteiger partial charge in [-0.05, 0) is 30.0 Å². The molecular weight excluding hydrogens is 260 g/mol. The smallest absolute Gasteiger partial charge is 0.139 e. The molecule has 21 heavy (non-hydrogen) atoms. The highest BCUT2D eigenvalue weighted by atomic mass is 15.3. The zero-order valence-electron chi connectivity index (χ0n) is 11.6. The van der Waals surface area contributed by atoms with E-state index >= 15 is 0 Å². The molecule has 1 aliphatic heterocycles. The average Bonchev–Trinajstić information content (AvgIpc) is 3.22. The van der Waals surface area contributed by atoms with E-state index in [0.717, 1.165) is 30.8 Å². The lowest BCUT2D eigenvalue weighted by Gasteiger charge is -2.26. The maximum atomic E-state index is 4.47. The first-order valence-electron chi connectivity index (χ1n) is 7.43. The number of anilines is 2. The molecule has 104 valence electrons. The van der Waals surface area contributed by atoms with Crippen LogP contribution in [0.15, 0.2) is 42.7 Å². The normalized spacial score (nSPS) is 17.0. The van der Waals surface area contributed by atoms with Crippen molar-refractivity contribution in [3.63, 3.8) is 0 Å². The molecule has 0 saturated carbocycles. The molecule has 1 aromatic carbocycles. The fourth-order valence-electron chi connectivity index (χ4n) is 3.75. The van der Waals surface area contributed by atoms with Gasteiger partial charge >= 0.3 is 0 Å². The lowest BCUT2D eigenvalue weighted by atomic mass is 10.1. The van der Waals surface area contributed by atoms with E-state index in [-0.39, 0.29) is 0 Å². The fourth-order valence-corrected chi connectivity index (χ4v) is 3.75. The molecule has 3 heterocycles. The number of H-pyrrole nitrogens is 1. The van der Waals surface area contributed by atoms with Gasteiger partial charge in [0.05, 0.1) is 24.2 Å². The van der Waals surface area contributed by atoms with E-state index in [9.17, 15) is 0 Å². The highest BCUT2D eigenvalue weighted by Gasteiger charge is 2.32. The molecule has 0 unspecified atom stereocenters. The average molecular weight is 276 g/mol. The largest absolute Gasteiger partial charge is 0.365 e. The van der Waals surface area contributed by atoms with Crippen LogP contribution in [-0.2, 0) is 12.8 Å². The SMILES string of the molecule is c1ccc2c(c1)CC(N1CNc3cnc4[nH]ccc4c31)C2. The maximum absolute atomic E-state index is 4.47. The number of fused-ring (bicyclic) bond motifs is 4. The number of hydrogen-bond donors (Lipinski definition) is 2. The van der Waals surface area contributed by atoms with E-state index in [2.05, 4.69) is 50.5 Å². The zero-order chi connectivity index (χ0) is 13.8. The summed E-state index contributed by atoms with van der Waals surface area (Å²) in [7, 11) is 0. The Hall–Kier alpha value is -2.49. The van der Waals surface area contributed by atoms with Gasteiger partial charge in [-0.15, -0.1) is 0 Å². The summed E-state index contributed by atoms with van der Waals surface area (Å²) in [6.45, 7) is 0.875. The summed E-state index contributed by atoms with van der Waals surface area (Å²) in [6, 6.07) is 11.5. The quantitative estimate of drug-likeness (QED) is 0.718. The Balaban J connectivity index is 1.58. The van der Waals surface area contributed by atoms with E-state index in [4.69, 9.17) is 0 Å².